The molecule has 28 heavy (non-hydrogen) atoms. The maximum Gasteiger partial charge on any atom is 0.137 e. The van der Waals surface area contributed by atoms with Gasteiger partial charge in [0.2, 0.25) is 0 Å². The number of rotatable bonds is 4. The van der Waals surface area contributed by atoms with E-state index in [0.717, 1.165) is 33.3 Å². The number of nitrogens with zero attached hydrogens (tertiary/aromatic N) is 4. The molecule has 0 atom stereocenters. The second-order valence-corrected chi connectivity index (χ2v) is 6.66. The Kier molecular flexibility index (Phi) is 4.88. The third-order valence-electron chi connectivity index (χ3n) is 4.51. The Labute approximate surface area is 167 Å². The van der Waals surface area contributed by atoms with Crippen molar-refractivity contribution in [3.8, 4) is 23.1 Å². The first-order valence-corrected chi connectivity index (χ1v) is 8.99. The van der Waals surface area contributed by atoms with Gasteiger partial charge in [-0.1, -0.05) is 23.7 Å². The van der Waals surface area contributed by atoms with Crippen LogP contribution in [0.5, 0.6) is 5.75 Å². The lowest BCUT2D eigenvalue weighted by Crippen LogP contribution is -2.00. The van der Waals surface area contributed by atoms with Gasteiger partial charge in [0.15, 0.2) is 0 Å². The van der Waals surface area contributed by atoms with Crippen LogP contribution in [0.2, 0.25) is 5.02 Å². The second kappa shape index (κ2) is 7.63. The fraction of sp³-hybridized carbons (Fsp3) is 0.0909. The highest BCUT2D eigenvalue weighted by molar-refractivity contribution is 6.32. The van der Waals surface area contributed by atoms with E-state index in [0.29, 0.717) is 22.8 Å². The van der Waals surface area contributed by atoms with E-state index in [1.54, 1.807) is 25.6 Å². The van der Waals surface area contributed by atoms with E-state index < -0.39 is 0 Å². The number of nitriles is 1. The predicted octanol–water partition coefficient (Wildman–Crippen LogP) is 4.82. The number of pyridine rings is 1. The van der Waals surface area contributed by atoms with Crippen LogP contribution in [-0.4, -0.2) is 22.3 Å². The lowest BCUT2D eigenvalue weighted by molar-refractivity contribution is 0.415. The van der Waals surface area contributed by atoms with Crippen LogP contribution in [0, 0.1) is 11.3 Å². The molecule has 6 heteroatoms. The van der Waals surface area contributed by atoms with Crippen LogP contribution in [-0.2, 0) is 6.42 Å². The molecule has 2 heterocycles. The highest BCUT2D eigenvalue weighted by atomic mass is 35.5. The third kappa shape index (κ3) is 3.38. The van der Waals surface area contributed by atoms with Crippen LogP contribution in [0.4, 0.5) is 0 Å². The van der Waals surface area contributed by atoms with Gasteiger partial charge in [0.1, 0.15) is 11.4 Å². The van der Waals surface area contributed by atoms with E-state index in [2.05, 4.69) is 21.3 Å². The number of benzene rings is 2. The van der Waals surface area contributed by atoms with Gasteiger partial charge < -0.3 is 4.74 Å². The zero-order valence-corrected chi connectivity index (χ0v) is 15.8. The quantitative estimate of drug-likeness (QED) is 0.503. The van der Waals surface area contributed by atoms with Crippen molar-refractivity contribution in [2.75, 3.05) is 7.11 Å². The van der Waals surface area contributed by atoms with Crippen molar-refractivity contribution in [1.29, 1.82) is 5.26 Å². The molecule has 2 aromatic heterocycles. The van der Waals surface area contributed by atoms with Crippen molar-refractivity contribution in [2.45, 2.75) is 6.42 Å². The maximum atomic E-state index is 9.33. The molecule has 136 valence electrons. The smallest absolute Gasteiger partial charge is 0.137 e. The minimum atomic E-state index is 0.537. The van der Waals surface area contributed by atoms with E-state index in [1.807, 2.05) is 42.5 Å². The summed E-state index contributed by atoms with van der Waals surface area (Å²) >= 11 is 6.26. The molecule has 0 fully saturated rings. The highest BCUT2D eigenvalue weighted by Gasteiger charge is 2.13. The Morgan fingerprint density at radius 1 is 1.07 bits per heavy atom. The summed E-state index contributed by atoms with van der Waals surface area (Å²) in [4.78, 5) is 4.17. The first-order valence-electron chi connectivity index (χ1n) is 8.62. The first kappa shape index (κ1) is 17.9. The summed E-state index contributed by atoms with van der Waals surface area (Å²) in [6.45, 7) is 0. The number of methoxy groups -OCH3 is 1. The van der Waals surface area contributed by atoms with Crippen molar-refractivity contribution < 1.29 is 4.74 Å². The van der Waals surface area contributed by atoms with Gasteiger partial charge in [-0.05, 0) is 42.0 Å². The molecule has 5 nitrogen and oxygen atoms in total. The van der Waals surface area contributed by atoms with E-state index in [9.17, 15) is 5.26 Å². The number of fused-ring (bicyclic) bond motifs is 1. The van der Waals surface area contributed by atoms with Gasteiger partial charge >= 0.3 is 0 Å². The molecule has 0 amide bonds. The predicted molar refractivity (Wildman–Crippen MR) is 108 cm³/mol. The minimum absolute atomic E-state index is 0.537. The van der Waals surface area contributed by atoms with Crippen molar-refractivity contribution in [3.63, 3.8) is 0 Å². The summed E-state index contributed by atoms with van der Waals surface area (Å²) in [5.74, 6) is 0.625. The average Bonchev–Trinajstić information content (AvgIpc) is 2.74. The summed E-state index contributed by atoms with van der Waals surface area (Å²) in [6, 6.07) is 17.2. The van der Waals surface area contributed by atoms with Gasteiger partial charge in [-0.15, -0.1) is 5.10 Å². The SMILES string of the molecule is COc1ccc(Cc2nnc(-c3cccnc3)c3ccc(C#N)cc23)cc1Cl. The molecule has 0 N–H and O–H groups in total. The van der Waals surface area contributed by atoms with Crippen LogP contribution in [0.15, 0.2) is 60.9 Å². The Bertz CT molecular complexity index is 1200. The topological polar surface area (TPSA) is 71.7 Å². The standard InChI is InChI=1S/C22H15ClN4O/c1-28-21-7-5-14(10-19(21)23)11-20-18-9-15(12-24)4-6-17(18)22(27-26-20)16-3-2-8-25-13-16/h2-10,13H,11H2,1H3. The monoisotopic (exact) mass is 386 g/mol. The lowest BCUT2D eigenvalue weighted by Gasteiger charge is -2.11. The molecule has 0 saturated heterocycles. The Morgan fingerprint density at radius 2 is 1.96 bits per heavy atom. The Balaban J connectivity index is 1.85. The highest BCUT2D eigenvalue weighted by Crippen LogP contribution is 2.30. The normalized spacial score (nSPS) is 10.6. The molecule has 0 saturated carbocycles. The molecule has 0 aliphatic rings. The average molecular weight is 387 g/mol. The summed E-state index contributed by atoms with van der Waals surface area (Å²) < 4.78 is 5.21. The van der Waals surface area contributed by atoms with Gasteiger partial charge in [-0.3, -0.25) is 4.98 Å². The van der Waals surface area contributed by atoms with Crippen molar-refractivity contribution in [2.24, 2.45) is 0 Å². The van der Waals surface area contributed by atoms with Crippen molar-refractivity contribution in [3.05, 3.63) is 82.8 Å². The van der Waals surface area contributed by atoms with Crippen molar-refractivity contribution in [1.82, 2.24) is 15.2 Å². The molecule has 0 aliphatic carbocycles. The maximum absolute atomic E-state index is 9.33. The van der Waals surface area contributed by atoms with E-state index in [1.165, 1.54) is 0 Å². The Morgan fingerprint density at radius 3 is 2.68 bits per heavy atom. The molecular formula is C22H15ClN4O. The molecule has 0 unspecified atom stereocenters. The minimum Gasteiger partial charge on any atom is -0.495 e. The third-order valence-corrected chi connectivity index (χ3v) is 4.80. The largest absolute Gasteiger partial charge is 0.495 e. The van der Waals surface area contributed by atoms with Crippen LogP contribution in [0.25, 0.3) is 22.0 Å². The fourth-order valence-electron chi connectivity index (χ4n) is 3.14. The van der Waals surface area contributed by atoms with Gasteiger partial charge in [-0.2, -0.15) is 10.4 Å². The van der Waals surface area contributed by atoms with E-state index in [-0.39, 0.29) is 0 Å². The van der Waals surface area contributed by atoms with E-state index in [4.69, 9.17) is 16.3 Å². The zero-order chi connectivity index (χ0) is 19.5. The molecule has 0 aliphatic heterocycles. The van der Waals surface area contributed by atoms with Gasteiger partial charge in [0.25, 0.3) is 0 Å². The molecule has 0 spiro atoms. The van der Waals surface area contributed by atoms with E-state index >= 15 is 0 Å². The van der Waals surface area contributed by atoms with Crippen LogP contribution in [0.1, 0.15) is 16.8 Å². The summed E-state index contributed by atoms with van der Waals surface area (Å²) in [7, 11) is 1.58. The lowest BCUT2D eigenvalue weighted by atomic mass is 9.99. The van der Waals surface area contributed by atoms with Gasteiger partial charge in [0, 0.05) is 35.2 Å². The van der Waals surface area contributed by atoms with Crippen LogP contribution in [0.3, 0.4) is 0 Å². The number of ether oxygens (including phenoxy) is 1. The molecular weight excluding hydrogens is 372 g/mol. The molecule has 4 rings (SSSR count). The molecule has 0 bridgehead atoms. The second-order valence-electron chi connectivity index (χ2n) is 6.25. The number of halogens is 1. The Hall–Kier alpha value is -3.49. The zero-order valence-electron chi connectivity index (χ0n) is 15.1. The summed E-state index contributed by atoms with van der Waals surface area (Å²) in [6.07, 6.45) is 4.01. The summed E-state index contributed by atoms with van der Waals surface area (Å²) in [5.41, 5.74) is 3.96. The van der Waals surface area contributed by atoms with Crippen molar-refractivity contribution >= 4 is 22.4 Å². The van der Waals surface area contributed by atoms with Gasteiger partial charge in [-0.25, -0.2) is 0 Å². The van der Waals surface area contributed by atoms with Crippen LogP contribution < -0.4 is 4.74 Å². The number of hydrogen-bond acceptors (Lipinski definition) is 5. The molecule has 2 aromatic carbocycles. The molecule has 0 radical (unpaired) electrons. The molecule has 4 aromatic rings. The summed E-state index contributed by atoms with van der Waals surface area (Å²) in [5, 5.41) is 20.6. The first-order chi connectivity index (χ1) is 13.7. The van der Waals surface area contributed by atoms with Crippen LogP contribution >= 0.6 is 11.6 Å². The van der Waals surface area contributed by atoms with Gasteiger partial charge in [0.05, 0.1) is 29.5 Å². The number of hydrogen-bond donors (Lipinski definition) is 0. The number of aromatic nitrogens is 3. The fourth-order valence-corrected chi connectivity index (χ4v) is 3.42.